The van der Waals surface area contributed by atoms with E-state index >= 15 is 0 Å². The first-order chi connectivity index (χ1) is 9.58. The zero-order chi connectivity index (χ0) is 14.5. The van der Waals surface area contributed by atoms with Crippen LogP contribution in [0.5, 0.6) is 0 Å². The van der Waals surface area contributed by atoms with E-state index in [-0.39, 0.29) is 0 Å². The van der Waals surface area contributed by atoms with E-state index in [0.717, 1.165) is 17.4 Å². The Balaban J connectivity index is 1.85. The summed E-state index contributed by atoms with van der Waals surface area (Å²) in [7, 11) is 0. The lowest BCUT2D eigenvalue weighted by atomic mass is 9.80. The molecule has 3 nitrogen and oxygen atoms in total. The van der Waals surface area contributed by atoms with Gasteiger partial charge >= 0.3 is 0 Å². The lowest BCUT2D eigenvalue weighted by Crippen LogP contribution is -2.38. The predicted octanol–water partition coefficient (Wildman–Crippen LogP) is 3.01. The van der Waals surface area contributed by atoms with Crippen LogP contribution in [0.25, 0.3) is 0 Å². The summed E-state index contributed by atoms with van der Waals surface area (Å²) in [6.45, 7) is 5.19. The number of hydrogen-bond donors (Lipinski definition) is 2. The van der Waals surface area contributed by atoms with Crippen molar-refractivity contribution in [2.75, 3.05) is 6.54 Å². The van der Waals surface area contributed by atoms with Gasteiger partial charge in [-0.1, -0.05) is 26.0 Å². The van der Waals surface area contributed by atoms with Crippen molar-refractivity contribution < 1.29 is 5.11 Å². The molecule has 108 valence electrons. The second-order valence-electron chi connectivity index (χ2n) is 6.27. The van der Waals surface area contributed by atoms with Gasteiger partial charge in [-0.15, -0.1) is 0 Å². The highest BCUT2D eigenvalue weighted by Crippen LogP contribution is 2.28. The molecular weight excluding hydrogens is 248 g/mol. The Morgan fingerprint density at radius 2 is 1.80 bits per heavy atom. The first-order valence-corrected chi connectivity index (χ1v) is 7.50. The van der Waals surface area contributed by atoms with Crippen LogP contribution in [-0.2, 0) is 0 Å². The fourth-order valence-corrected chi connectivity index (χ4v) is 3.29. The van der Waals surface area contributed by atoms with Crippen LogP contribution in [0.15, 0.2) is 24.3 Å². The third-order valence-electron chi connectivity index (χ3n) is 4.20. The average Bonchev–Trinajstić information content (AvgIpc) is 2.44. The maximum atomic E-state index is 10.2. The minimum atomic E-state index is -0.504. The van der Waals surface area contributed by atoms with E-state index in [1.165, 1.54) is 19.3 Å². The molecule has 0 radical (unpaired) electrons. The minimum absolute atomic E-state index is 0.504. The molecular formula is C17H24N2O. The number of benzene rings is 1. The van der Waals surface area contributed by atoms with Gasteiger partial charge < -0.3 is 10.4 Å². The molecule has 1 aliphatic carbocycles. The van der Waals surface area contributed by atoms with Gasteiger partial charge in [0.15, 0.2) is 0 Å². The fourth-order valence-electron chi connectivity index (χ4n) is 3.29. The molecule has 0 amide bonds. The van der Waals surface area contributed by atoms with E-state index in [1.54, 1.807) is 12.1 Å². The van der Waals surface area contributed by atoms with Crippen LogP contribution in [0.1, 0.15) is 50.3 Å². The Bertz CT molecular complexity index is 453. The number of aliphatic hydroxyl groups is 1. The van der Waals surface area contributed by atoms with Crippen molar-refractivity contribution in [2.45, 2.75) is 45.3 Å². The lowest BCUT2D eigenvalue weighted by molar-refractivity contribution is 0.155. The molecule has 3 atom stereocenters. The summed E-state index contributed by atoms with van der Waals surface area (Å²) in [5.41, 5.74) is 1.50. The first-order valence-electron chi connectivity index (χ1n) is 7.50. The second-order valence-corrected chi connectivity index (χ2v) is 6.27. The van der Waals surface area contributed by atoms with Crippen molar-refractivity contribution in [1.82, 2.24) is 5.32 Å². The molecule has 1 fully saturated rings. The molecule has 1 aromatic rings. The molecule has 20 heavy (non-hydrogen) atoms. The van der Waals surface area contributed by atoms with Crippen LogP contribution in [0, 0.1) is 23.2 Å². The van der Waals surface area contributed by atoms with E-state index < -0.39 is 6.10 Å². The van der Waals surface area contributed by atoms with Gasteiger partial charge in [0.05, 0.1) is 17.7 Å². The van der Waals surface area contributed by atoms with Crippen LogP contribution in [0.2, 0.25) is 0 Å². The monoisotopic (exact) mass is 272 g/mol. The second kappa shape index (κ2) is 6.88. The van der Waals surface area contributed by atoms with Crippen molar-refractivity contribution >= 4 is 0 Å². The Labute approximate surface area is 121 Å². The van der Waals surface area contributed by atoms with Gasteiger partial charge in [-0.3, -0.25) is 0 Å². The number of nitriles is 1. The van der Waals surface area contributed by atoms with Gasteiger partial charge in [0.1, 0.15) is 0 Å². The molecule has 0 saturated heterocycles. The first kappa shape index (κ1) is 15.0. The van der Waals surface area contributed by atoms with E-state index in [0.29, 0.717) is 18.2 Å². The van der Waals surface area contributed by atoms with Gasteiger partial charge in [-0.25, -0.2) is 0 Å². The molecule has 0 aliphatic heterocycles. The van der Waals surface area contributed by atoms with Crippen molar-refractivity contribution in [3.8, 4) is 6.07 Å². The third kappa shape index (κ3) is 4.06. The number of nitrogens with zero attached hydrogens (tertiary/aromatic N) is 1. The number of rotatable bonds is 4. The number of hydrogen-bond acceptors (Lipinski definition) is 3. The molecule has 0 spiro atoms. The van der Waals surface area contributed by atoms with Crippen molar-refractivity contribution in [3.63, 3.8) is 0 Å². The molecule has 3 unspecified atom stereocenters. The van der Waals surface area contributed by atoms with Crippen LogP contribution >= 0.6 is 0 Å². The van der Waals surface area contributed by atoms with Gasteiger partial charge in [0.25, 0.3) is 0 Å². The maximum absolute atomic E-state index is 10.2. The quantitative estimate of drug-likeness (QED) is 0.886. The molecule has 1 saturated carbocycles. The van der Waals surface area contributed by atoms with Gasteiger partial charge in [-0.2, -0.15) is 5.26 Å². The Morgan fingerprint density at radius 3 is 2.35 bits per heavy atom. The van der Waals surface area contributed by atoms with Crippen molar-refractivity contribution in [1.29, 1.82) is 5.26 Å². The normalized spacial score (nSPS) is 27.8. The van der Waals surface area contributed by atoms with Gasteiger partial charge in [-0.05, 0) is 48.8 Å². The van der Waals surface area contributed by atoms with E-state index in [2.05, 4.69) is 25.2 Å². The predicted molar refractivity (Wildman–Crippen MR) is 80.1 cm³/mol. The van der Waals surface area contributed by atoms with Crippen LogP contribution < -0.4 is 5.32 Å². The smallest absolute Gasteiger partial charge is 0.0991 e. The van der Waals surface area contributed by atoms with Gasteiger partial charge in [0, 0.05) is 12.6 Å². The van der Waals surface area contributed by atoms with E-state index in [9.17, 15) is 5.11 Å². The summed E-state index contributed by atoms with van der Waals surface area (Å²) in [4.78, 5) is 0. The summed E-state index contributed by atoms with van der Waals surface area (Å²) in [6.07, 6.45) is 3.21. The molecule has 0 heterocycles. The molecule has 1 aromatic carbocycles. The highest BCUT2D eigenvalue weighted by atomic mass is 16.3. The number of aliphatic hydroxyl groups excluding tert-OH is 1. The molecule has 0 aromatic heterocycles. The van der Waals surface area contributed by atoms with Crippen LogP contribution in [-0.4, -0.2) is 17.7 Å². The third-order valence-corrected chi connectivity index (χ3v) is 4.20. The Hall–Kier alpha value is -1.37. The van der Waals surface area contributed by atoms with Crippen LogP contribution in [0.3, 0.4) is 0 Å². The topological polar surface area (TPSA) is 56.0 Å². The molecule has 2 N–H and O–H groups in total. The Morgan fingerprint density at radius 1 is 1.20 bits per heavy atom. The highest BCUT2D eigenvalue weighted by Gasteiger charge is 2.24. The maximum Gasteiger partial charge on any atom is 0.0991 e. The lowest BCUT2D eigenvalue weighted by Gasteiger charge is -2.32. The summed E-state index contributed by atoms with van der Waals surface area (Å²) in [5.74, 6) is 1.53. The molecule has 1 aliphatic rings. The zero-order valence-corrected chi connectivity index (χ0v) is 12.3. The summed E-state index contributed by atoms with van der Waals surface area (Å²) >= 11 is 0. The largest absolute Gasteiger partial charge is 0.387 e. The summed E-state index contributed by atoms with van der Waals surface area (Å²) in [6, 6.07) is 9.77. The highest BCUT2D eigenvalue weighted by molar-refractivity contribution is 5.32. The standard InChI is InChI=1S/C17H24N2O/c1-12-7-13(2)9-16(8-12)19-11-17(20)15-5-3-14(10-18)4-6-15/h3-6,12-13,16-17,19-20H,7-9,11H2,1-2H3. The van der Waals surface area contributed by atoms with Crippen LogP contribution in [0.4, 0.5) is 0 Å². The van der Waals surface area contributed by atoms with Crippen molar-refractivity contribution in [2.24, 2.45) is 11.8 Å². The summed E-state index contributed by atoms with van der Waals surface area (Å²) < 4.78 is 0. The summed E-state index contributed by atoms with van der Waals surface area (Å²) in [5, 5.41) is 22.5. The fraction of sp³-hybridized carbons (Fsp3) is 0.588. The van der Waals surface area contributed by atoms with Crippen molar-refractivity contribution in [3.05, 3.63) is 35.4 Å². The minimum Gasteiger partial charge on any atom is -0.387 e. The average molecular weight is 272 g/mol. The Kier molecular flexibility index (Phi) is 5.17. The molecule has 2 rings (SSSR count). The molecule has 0 bridgehead atoms. The zero-order valence-electron chi connectivity index (χ0n) is 12.3. The van der Waals surface area contributed by atoms with E-state index in [1.807, 2.05) is 12.1 Å². The number of nitrogens with one attached hydrogen (secondary N) is 1. The van der Waals surface area contributed by atoms with E-state index in [4.69, 9.17) is 5.26 Å². The molecule has 3 heteroatoms. The van der Waals surface area contributed by atoms with Gasteiger partial charge in [0.2, 0.25) is 0 Å². The SMILES string of the molecule is CC1CC(C)CC(NCC(O)c2ccc(C#N)cc2)C1.